The Balaban J connectivity index is 0.00000240. The molecule has 170 valence electrons. The second kappa shape index (κ2) is 13.1. The van der Waals surface area contributed by atoms with Crippen LogP contribution < -0.4 is 20.7 Å². The van der Waals surface area contributed by atoms with Crippen molar-refractivity contribution in [1.29, 1.82) is 0 Å². The quantitative estimate of drug-likeness (QED) is 0.569. The number of ether oxygens (including phenoxy) is 1. The highest BCUT2D eigenvalue weighted by Crippen LogP contribution is 2.30. The number of pyridine rings is 1. The Morgan fingerprint density at radius 2 is 1.90 bits per heavy atom. The van der Waals surface area contributed by atoms with Gasteiger partial charge in [0.2, 0.25) is 5.91 Å². The minimum absolute atomic E-state index is 0. The number of nitrogens with zero attached hydrogens (tertiary/aromatic N) is 1. The molecule has 0 aliphatic carbocycles. The second-order valence-electron chi connectivity index (χ2n) is 7.37. The average molecular weight is 469 g/mol. The zero-order chi connectivity index (χ0) is 20.6. The van der Waals surface area contributed by atoms with E-state index < -0.39 is 0 Å². The maximum Gasteiger partial charge on any atom is 0.269 e. The molecule has 1 aliphatic heterocycles. The summed E-state index contributed by atoms with van der Waals surface area (Å²) in [4.78, 5) is 28.4. The third kappa shape index (κ3) is 7.69. The van der Waals surface area contributed by atoms with E-state index in [1.54, 1.807) is 25.2 Å². The van der Waals surface area contributed by atoms with E-state index in [0.29, 0.717) is 35.4 Å². The molecule has 1 saturated heterocycles. The van der Waals surface area contributed by atoms with Crippen LogP contribution in [0.4, 0.5) is 5.69 Å². The molecule has 1 aromatic heterocycles. The summed E-state index contributed by atoms with van der Waals surface area (Å²) >= 11 is 0. The lowest BCUT2D eigenvalue weighted by molar-refractivity contribution is -0.117. The molecule has 1 atom stereocenters. The number of aromatic nitrogens is 1. The van der Waals surface area contributed by atoms with Crippen LogP contribution in [0.3, 0.4) is 0 Å². The number of hydrogen-bond donors (Lipinski definition) is 3. The van der Waals surface area contributed by atoms with E-state index in [9.17, 15) is 9.59 Å². The van der Waals surface area contributed by atoms with E-state index in [1.807, 2.05) is 18.2 Å². The molecule has 0 radical (unpaired) electrons. The molecule has 2 amide bonds. The zero-order valence-corrected chi connectivity index (χ0v) is 19.4. The van der Waals surface area contributed by atoms with Crippen LogP contribution in [0.15, 0.2) is 42.6 Å². The number of benzene rings is 1. The molecule has 0 saturated carbocycles. The van der Waals surface area contributed by atoms with E-state index in [-0.39, 0.29) is 42.3 Å². The van der Waals surface area contributed by atoms with Crippen molar-refractivity contribution in [3.63, 3.8) is 0 Å². The van der Waals surface area contributed by atoms with Crippen LogP contribution in [0.5, 0.6) is 11.5 Å². The van der Waals surface area contributed by atoms with Gasteiger partial charge in [0.1, 0.15) is 11.4 Å². The molecule has 2 heterocycles. The minimum atomic E-state index is -0.288. The highest BCUT2D eigenvalue weighted by atomic mass is 35.5. The first-order valence-corrected chi connectivity index (χ1v) is 10.0. The van der Waals surface area contributed by atoms with Crippen LogP contribution in [0.25, 0.3) is 0 Å². The van der Waals surface area contributed by atoms with Gasteiger partial charge in [-0.05, 0) is 56.0 Å². The molecule has 3 N–H and O–H groups in total. The molecule has 3 rings (SSSR count). The number of rotatable bonds is 7. The van der Waals surface area contributed by atoms with Gasteiger partial charge >= 0.3 is 0 Å². The summed E-state index contributed by atoms with van der Waals surface area (Å²) in [5.41, 5.74) is 0.871. The Kier molecular flexibility index (Phi) is 11.3. The number of nitrogens with one attached hydrogen (secondary N) is 3. The predicted octanol–water partition coefficient (Wildman–Crippen LogP) is 4.04. The summed E-state index contributed by atoms with van der Waals surface area (Å²) in [6.45, 7) is 4.20. The first kappa shape index (κ1) is 26.7. The van der Waals surface area contributed by atoms with Gasteiger partial charge in [0.15, 0.2) is 5.75 Å². The standard InChI is InChI=1S/C22H28N4O3.2ClH/c1-15(16-7-10-24-11-8-16)13-21(27)26-18-5-3-4-6-20(18)29-17-9-12-25-19(14-17)22(28)23-2;;/h3-6,9,12,14-16,24H,7-8,10-11,13H2,1-2H3,(H,23,28)(H,26,27);2*1H. The molecule has 0 bridgehead atoms. The maximum atomic E-state index is 12.6. The predicted molar refractivity (Wildman–Crippen MR) is 127 cm³/mol. The van der Waals surface area contributed by atoms with Crippen molar-refractivity contribution in [1.82, 2.24) is 15.6 Å². The van der Waals surface area contributed by atoms with Gasteiger partial charge in [0.05, 0.1) is 5.69 Å². The minimum Gasteiger partial charge on any atom is -0.455 e. The third-order valence-corrected chi connectivity index (χ3v) is 5.28. The van der Waals surface area contributed by atoms with Crippen LogP contribution in [-0.4, -0.2) is 36.9 Å². The lowest BCUT2D eigenvalue weighted by Crippen LogP contribution is -2.32. The summed E-state index contributed by atoms with van der Waals surface area (Å²) in [6, 6.07) is 10.5. The van der Waals surface area contributed by atoms with Gasteiger partial charge in [0.25, 0.3) is 5.91 Å². The van der Waals surface area contributed by atoms with Crippen LogP contribution in [0.1, 0.15) is 36.7 Å². The fraction of sp³-hybridized carbons (Fsp3) is 0.409. The largest absolute Gasteiger partial charge is 0.455 e. The van der Waals surface area contributed by atoms with E-state index >= 15 is 0 Å². The van der Waals surface area contributed by atoms with Crippen molar-refractivity contribution < 1.29 is 14.3 Å². The number of amides is 2. The summed E-state index contributed by atoms with van der Waals surface area (Å²) < 4.78 is 5.92. The Bertz CT molecular complexity index is 860. The van der Waals surface area contributed by atoms with Crippen LogP contribution in [-0.2, 0) is 4.79 Å². The molecular weight excluding hydrogens is 439 g/mol. The van der Waals surface area contributed by atoms with Crippen LogP contribution in [0.2, 0.25) is 0 Å². The highest BCUT2D eigenvalue weighted by molar-refractivity contribution is 5.93. The van der Waals surface area contributed by atoms with Crippen molar-refractivity contribution in [2.45, 2.75) is 26.2 Å². The number of carbonyl (C=O) groups is 2. The molecule has 1 aliphatic rings. The van der Waals surface area contributed by atoms with Crippen LogP contribution in [0, 0.1) is 11.8 Å². The number of hydrogen-bond acceptors (Lipinski definition) is 5. The number of halogens is 2. The van der Waals surface area contributed by atoms with Gasteiger partial charge in [-0.15, -0.1) is 24.8 Å². The number of anilines is 1. The van der Waals surface area contributed by atoms with Gasteiger partial charge in [-0.2, -0.15) is 0 Å². The summed E-state index contributed by atoms with van der Waals surface area (Å²) in [5.74, 6) is 1.60. The summed E-state index contributed by atoms with van der Waals surface area (Å²) in [7, 11) is 1.55. The van der Waals surface area contributed by atoms with Crippen molar-refractivity contribution >= 4 is 42.3 Å². The van der Waals surface area contributed by atoms with Gasteiger partial charge in [0, 0.05) is 25.7 Å². The fourth-order valence-corrected chi connectivity index (χ4v) is 3.59. The molecular formula is C22H30Cl2N4O3. The Hall–Kier alpha value is -2.35. The van der Waals surface area contributed by atoms with Crippen molar-refractivity contribution in [3.05, 3.63) is 48.3 Å². The Morgan fingerprint density at radius 1 is 1.19 bits per heavy atom. The van der Waals surface area contributed by atoms with E-state index in [4.69, 9.17) is 4.74 Å². The molecule has 31 heavy (non-hydrogen) atoms. The van der Waals surface area contributed by atoms with Gasteiger partial charge in [-0.1, -0.05) is 19.1 Å². The SMILES string of the molecule is CNC(=O)c1cc(Oc2ccccc2NC(=O)CC(C)C2CCNCC2)ccn1.Cl.Cl. The number of piperidine rings is 1. The molecule has 9 heteroatoms. The third-order valence-electron chi connectivity index (χ3n) is 5.28. The lowest BCUT2D eigenvalue weighted by atomic mass is 9.84. The summed E-state index contributed by atoms with van der Waals surface area (Å²) in [5, 5.41) is 8.87. The van der Waals surface area contributed by atoms with Crippen LogP contribution >= 0.6 is 24.8 Å². The Labute approximate surface area is 195 Å². The smallest absolute Gasteiger partial charge is 0.269 e. The highest BCUT2D eigenvalue weighted by Gasteiger charge is 2.22. The number of para-hydroxylation sites is 2. The summed E-state index contributed by atoms with van der Waals surface area (Å²) in [6.07, 6.45) is 4.23. The first-order valence-electron chi connectivity index (χ1n) is 10.0. The topological polar surface area (TPSA) is 92.4 Å². The monoisotopic (exact) mass is 468 g/mol. The first-order chi connectivity index (χ1) is 14.1. The van der Waals surface area contributed by atoms with Crippen molar-refractivity contribution in [3.8, 4) is 11.5 Å². The average Bonchev–Trinajstić information content (AvgIpc) is 2.75. The zero-order valence-electron chi connectivity index (χ0n) is 17.7. The molecule has 0 spiro atoms. The van der Waals surface area contributed by atoms with E-state index in [0.717, 1.165) is 25.9 Å². The number of carbonyl (C=O) groups excluding carboxylic acids is 2. The molecule has 1 aromatic carbocycles. The lowest BCUT2D eigenvalue weighted by Gasteiger charge is -2.28. The van der Waals surface area contributed by atoms with Crippen molar-refractivity contribution in [2.24, 2.45) is 11.8 Å². The molecule has 7 nitrogen and oxygen atoms in total. The van der Waals surface area contributed by atoms with Gasteiger partial charge < -0.3 is 20.7 Å². The normalized spacial score (nSPS) is 14.4. The Morgan fingerprint density at radius 3 is 2.61 bits per heavy atom. The molecule has 1 fully saturated rings. The molecule has 2 aromatic rings. The second-order valence-corrected chi connectivity index (χ2v) is 7.37. The van der Waals surface area contributed by atoms with Gasteiger partial charge in [-0.25, -0.2) is 0 Å². The molecule has 1 unspecified atom stereocenters. The van der Waals surface area contributed by atoms with Gasteiger partial charge in [-0.3, -0.25) is 14.6 Å². The maximum absolute atomic E-state index is 12.6. The van der Waals surface area contributed by atoms with E-state index in [2.05, 4.69) is 27.9 Å². The van der Waals surface area contributed by atoms with E-state index in [1.165, 1.54) is 6.20 Å². The van der Waals surface area contributed by atoms with Crippen molar-refractivity contribution in [2.75, 3.05) is 25.5 Å². The fourth-order valence-electron chi connectivity index (χ4n) is 3.59.